The largest absolute Gasteiger partial charge is 0.396 e. The SMILES string of the molecule is CN1CCC(CCO)CC1.Cc1cc(C#N)cc2c1cc(Cc1c(Cl)ccc(C=O)c1Cl)n2C. The van der Waals surface area contributed by atoms with Crippen molar-refractivity contribution in [2.24, 2.45) is 13.0 Å². The standard InChI is InChI=1S/C19H14Cl2N2O.C8H17NO/c1-11-5-12(9-22)6-18-15(11)7-14(23(18)2)8-16-17(20)4-3-13(10-24)19(16)21;1-9-5-2-8(3-6-9)4-7-10/h3-7,10H,8H2,1-2H3;8,10H,2-7H2,1H3. The highest BCUT2D eigenvalue weighted by atomic mass is 35.5. The predicted octanol–water partition coefficient (Wildman–Crippen LogP) is 5.78. The molecule has 1 saturated heterocycles. The van der Waals surface area contributed by atoms with Crippen molar-refractivity contribution >= 4 is 40.4 Å². The number of rotatable bonds is 5. The minimum absolute atomic E-state index is 0.369. The van der Waals surface area contributed by atoms with Crippen molar-refractivity contribution in [3.8, 4) is 6.07 Å². The fourth-order valence-corrected chi connectivity index (χ4v) is 5.03. The highest BCUT2D eigenvalue weighted by Gasteiger charge is 2.16. The first-order valence-electron chi connectivity index (χ1n) is 11.5. The average molecular weight is 500 g/mol. The summed E-state index contributed by atoms with van der Waals surface area (Å²) < 4.78 is 2.03. The van der Waals surface area contributed by atoms with E-state index in [-0.39, 0.29) is 0 Å². The molecule has 0 aliphatic carbocycles. The summed E-state index contributed by atoms with van der Waals surface area (Å²) in [5.74, 6) is 0.793. The van der Waals surface area contributed by atoms with Gasteiger partial charge < -0.3 is 14.6 Å². The first kappa shape index (κ1) is 26.2. The van der Waals surface area contributed by atoms with Gasteiger partial charge in [-0.15, -0.1) is 0 Å². The summed E-state index contributed by atoms with van der Waals surface area (Å²) in [6, 6.07) is 11.3. The van der Waals surface area contributed by atoms with E-state index in [0.717, 1.165) is 46.3 Å². The van der Waals surface area contributed by atoms with Crippen molar-refractivity contribution in [1.82, 2.24) is 9.47 Å². The minimum atomic E-state index is 0.369. The molecule has 0 bridgehead atoms. The number of hydrogen-bond acceptors (Lipinski definition) is 4. The van der Waals surface area contributed by atoms with E-state index in [1.807, 2.05) is 30.7 Å². The molecule has 0 amide bonds. The smallest absolute Gasteiger partial charge is 0.151 e. The van der Waals surface area contributed by atoms with Gasteiger partial charge in [0.15, 0.2) is 6.29 Å². The number of piperidine rings is 1. The van der Waals surface area contributed by atoms with Crippen LogP contribution in [0.5, 0.6) is 0 Å². The number of aryl methyl sites for hydroxylation is 2. The molecule has 1 N–H and O–H groups in total. The van der Waals surface area contributed by atoms with Gasteiger partial charge in [0.2, 0.25) is 0 Å². The van der Waals surface area contributed by atoms with Crippen LogP contribution in [-0.4, -0.2) is 47.6 Å². The molecule has 2 aromatic carbocycles. The Labute approximate surface area is 211 Å². The summed E-state index contributed by atoms with van der Waals surface area (Å²) in [5, 5.41) is 19.8. The summed E-state index contributed by atoms with van der Waals surface area (Å²) >= 11 is 12.6. The van der Waals surface area contributed by atoms with Gasteiger partial charge in [-0.3, -0.25) is 4.79 Å². The second-order valence-electron chi connectivity index (χ2n) is 9.02. The van der Waals surface area contributed by atoms with Crippen LogP contribution >= 0.6 is 23.2 Å². The predicted molar refractivity (Wildman–Crippen MR) is 139 cm³/mol. The lowest BCUT2D eigenvalue weighted by molar-refractivity contribution is 0.112. The quantitative estimate of drug-likeness (QED) is 0.451. The Balaban J connectivity index is 0.000000271. The molecule has 34 heavy (non-hydrogen) atoms. The van der Waals surface area contributed by atoms with Crippen molar-refractivity contribution in [3.63, 3.8) is 0 Å². The lowest BCUT2D eigenvalue weighted by atomic mass is 9.94. The van der Waals surface area contributed by atoms with Crippen LogP contribution in [0.4, 0.5) is 0 Å². The summed E-state index contributed by atoms with van der Waals surface area (Å²) in [6.45, 7) is 4.78. The van der Waals surface area contributed by atoms with E-state index >= 15 is 0 Å². The number of carbonyl (C=O) groups excluding carboxylic acids is 1. The third-order valence-electron chi connectivity index (χ3n) is 6.67. The highest BCUT2D eigenvalue weighted by Crippen LogP contribution is 2.32. The first-order valence-corrected chi connectivity index (χ1v) is 12.2. The molecule has 2 heterocycles. The molecule has 4 rings (SSSR count). The van der Waals surface area contributed by atoms with Gasteiger partial charge in [0.05, 0.1) is 16.7 Å². The van der Waals surface area contributed by atoms with Crippen LogP contribution < -0.4 is 0 Å². The van der Waals surface area contributed by atoms with E-state index < -0.39 is 0 Å². The van der Waals surface area contributed by atoms with E-state index in [1.165, 1.54) is 25.9 Å². The molecule has 1 aliphatic rings. The fourth-order valence-electron chi connectivity index (χ4n) is 4.48. The van der Waals surface area contributed by atoms with Crippen LogP contribution in [0.15, 0.2) is 30.3 Å². The lowest BCUT2D eigenvalue weighted by Crippen LogP contribution is -2.30. The van der Waals surface area contributed by atoms with Gasteiger partial charge in [0.25, 0.3) is 0 Å². The second kappa shape index (κ2) is 11.9. The van der Waals surface area contributed by atoms with E-state index in [0.29, 0.717) is 34.2 Å². The molecule has 5 nitrogen and oxygen atoms in total. The number of likely N-dealkylation sites (tertiary alicyclic amines) is 1. The Morgan fingerprint density at radius 2 is 1.88 bits per heavy atom. The van der Waals surface area contributed by atoms with Crippen molar-refractivity contribution in [2.45, 2.75) is 32.6 Å². The Morgan fingerprint density at radius 3 is 2.50 bits per heavy atom. The van der Waals surface area contributed by atoms with Crippen LogP contribution in [0, 0.1) is 24.2 Å². The third-order valence-corrected chi connectivity index (χ3v) is 7.47. The normalized spacial score (nSPS) is 14.5. The molecule has 0 radical (unpaired) electrons. The number of aldehydes is 1. The number of fused-ring (bicyclic) bond motifs is 1. The molecule has 0 spiro atoms. The molecular weight excluding hydrogens is 469 g/mol. The van der Waals surface area contributed by atoms with Gasteiger partial charge in [0.1, 0.15) is 0 Å². The summed E-state index contributed by atoms with van der Waals surface area (Å²) in [4.78, 5) is 13.5. The number of nitrogens with zero attached hydrogens (tertiary/aromatic N) is 3. The molecule has 1 aliphatic heterocycles. The number of halogens is 2. The summed E-state index contributed by atoms with van der Waals surface area (Å²) in [7, 11) is 4.11. The molecule has 1 aromatic heterocycles. The minimum Gasteiger partial charge on any atom is -0.396 e. The third kappa shape index (κ3) is 6.00. The van der Waals surface area contributed by atoms with Gasteiger partial charge >= 0.3 is 0 Å². The van der Waals surface area contributed by atoms with Crippen molar-refractivity contribution in [3.05, 3.63) is 68.3 Å². The van der Waals surface area contributed by atoms with E-state index in [9.17, 15) is 4.79 Å². The number of aliphatic hydroxyl groups is 1. The van der Waals surface area contributed by atoms with Crippen LogP contribution in [-0.2, 0) is 13.5 Å². The number of aromatic nitrogens is 1. The zero-order valence-electron chi connectivity index (χ0n) is 19.9. The lowest BCUT2D eigenvalue weighted by Gasteiger charge is -2.28. The number of hydrogen-bond donors (Lipinski definition) is 1. The highest BCUT2D eigenvalue weighted by molar-refractivity contribution is 6.37. The fraction of sp³-hybridized carbons (Fsp3) is 0.407. The maximum atomic E-state index is 11.1. The molecule has 0 atom stereocenters. The summed E-state index contributed by atoms with van der Waals surface area (Å²) in [6.07, 6.45) is 4.79. The summed E-state index contributed by atoms with van der Waals surface area (Å²) in [5.41, 5.74) is 4.83. The van der Waals surface area contributed by atoms with Gasteiger partial charge in [-0.2, -0.15) is 5.26 Å². The maximum absolute atomic E-state index is 11.1. The Morgan fingerprint density at radius 1 is 1.18 bits per heavy atom. The zero-order chi connectivity index (χ0) is 24.8. The van der Waals surface area contributed by atoms with E-state index in [1.54, 1.807) is 12.1 Å². The zero-order valence-corrected chi connectivity index (χ0v) is 21.5. The molecule has 3 aromatic rings. The molecule has 7 heteroatoms. The van der Waals surface area contributed by atoms with Crippen LogP contribution in [0.3, 0.4) is 0 Å². The van der Waals surface area contributed by atoms with Crippen LogP contribution in [0.2, 0.25) is 10.0 Å². The Hall–Kier alpha value is -2.36. The average Bonchev–Trinajstić information content (AvgIpc) is 3.14. The number of benzene rings is 2. The van der Waals surface area contributed by atoms with E-state index in [4.69, 9.17) is 33.6 Å². The first-order chi connectivity index (χ1) is 16.3. The molecule has 180 valence electrons. The van der Waals surface area contributed by atoms with Crippen molar-refractivity contribution < 1.29 is 9.90 Å². The Kier molecular flexibility index (Phi) is 9.16. The van der Waals surface area contributed by atoms with Gasteiger partial charge in [-0.1, -0.05) is 23.2 Å². The molecular formula is C27H31Cl2N3O2. The van der Waals surface area contributed by atoms with Gasteiger partial charge in [0, 0.05) is 47.3 Å². The van der Waals surface area contributed by atoms with Gasteiger partial charge in [-0.25, -0.2) is 0 Å². The van der Waals surface area contributed by atoms with Crippen molar-refractivity contribution in [2.75, 3.05) is 26.7 Å². The van der Waals surface area contributed by atoms with Crippen molar-refractivity contribution in [1.29, 1.82) is 5.26 Å². The second-order valence-corrected chi connectivity index (χ2v) is 9.80. The number of aliphatic hydroxyl groups excluding tert-OH is 1. The molecule has 0 unspecified atom stereocenters. The van der Waals surface area contributed by atoms with Gasteiger partial charge in [-0.05, 0) is 93.7 Å². The molecule has 0 saturated carbocycles. The molecule has 1 fully saturated rings. The topological polar surface area (TPSA) is 69.3 Å². The Bertz CT molecular complexity index is 1210. The number of nitriles is 1. The van der Waals surface area contributed by atoms with Crippen LogP contribution in [0.25, 0.3) is 10.9 Å². The maximum Gasteiger partial charge on any atom is 0.151 e. The monoisotopic (exact) mass is 499 g/mol. The van der Waals surface area contributed by atoms with Crippen LogP contribution in [0.1, 0.15) is 52.0 Å². The number of carbonyl (C=O) groups is 1. The van der Waals surface area contributed by atoms with E-state index in [2.05, 4.69) is 24.1 Å².